The molecule has 0 aliphatic carbocycles. The first-order valence-electron chi connectivity index (χ1n) is 4.97. The first kappa shape index (κ1) is 14.7. The summed E-state index contributed by atoms with van der Waals surface area (Å²) in [6.45, 7) is 4.71. The van der Waals surface area contributed by atoms with Crippen LogP contribution in [0.2, 0.25) is 0 Å². The minimum absolute atomic E-state index is 0.0685. The molecule has 0 aliphatic heterocycles. The van der Waals surface area contributed by atoms with Gasteiger partial charge in [0, 0.05) is 7.05 Å². The van der Waals surface area contributed by atoms with Crippen LogP contribution < -0.4 is 0 Å². The van der Waals surface area contributed by atoms with Crippen LogP contribution in [-0.2, 0) is 14.3 Å². The number of ether oxygens (including phenoxy) is 2. The van der Waals surface area contributed by atoms with Crippen LogP contribution in [0.4, 0.5) is 4.79 Å². The lowest BCUT2D eigenvalue weighted by atomic mass is 10.2. The zero-order valence-electron chi connectivity index (χ0n) is 10.1. The van der Waals surface area contributed by atoms with Crippen LogP contribution in [0, 0.1) is 0 Å². The molecular weight excluding hydrogens is 214 g/mol. The van der Waals surface area contributed by atoms with Gasteiger partial charge < -0.3 is 19.5 Å². The van der Waals surface area contributed by atoms with Crippen LogP contribution in [0.1, 0.15) is 20.8 Å². The van der Waals surface area contributed by atoms with Crippen molar-refractivity contribution in [3.05, 3.63) is 0 Å². The smallest absolute Gasteiger partial charge is 0.410 e. The van der Waals surface area contributed by atoms with E-state index in [1.165, 1.54) is 7.05 Å². The number of amides is 1. The molecule has 1 N–H and O–H groups in total. The molecule has 16 heavy (non-hydrogen) atoms. The van der Waals surface area contributed by atoms with E-state index in [4.69, 9.17) is 9.84 Å². The second-order valence-electron chi connectivity index (χ2n) is 4.28. The van der Waals surface area contributed by atoms with Gasteiger partial charge >= 0.3 is 12.1 Å². The highest BCUT2D eigenvalue weighted by Crippen LogP contribution is 2.08. The first-order chi connectivity index (χ1) is 7.26. The molecule has 0 bridgehead atoms. The summed E-state index contributed by atoms with van der Waals surface area (Å²) < 4.78 is 9.64. The van der Waals surface area contributed by atoms with E-state index in [1.807, 2.05) is 0 Å². The average molecular weight is 233 g/mol. The summed E-state index contributed by atoms with van der Waals surface area (Å²) in [7, 11) is 1.44. The third kappa shape index (κ3) is 7.05. The minimum Gasteiger partial charge on any atom is -0.462 e. The van der Waals surface area contributed by atoms with Crippen molar-refractivity contribution in [2.24, 2.45) is 0 Å². The maximum absolute atomic E-state index is 11.4. The van der Waals surface area contributed by atoms with E-state index in [2.05, 4.69) is 4.74 Å². The van der Waals surface area contributed by atoms with Crippen molar-refractivity contribution < 1.29 is 24.2 Å². The highest BCUT2D eigenvalue weighted by Gasteiger charge is 2.21. The second kappa shape index (κ2) is 6.32. The molecule has 6 heteroatoms. The third-order valence-corrected chi connectivity index (χ3v) is 1.43. The molecule has 0 spiro atoms. The molecule has 0 aromatic carbocycles. The van der Waals surface area contributed by atoms with Crippen molar-refractivity contribution in [1.29, 1.82) is 0 Å². The van der Waals surface area contributed by atoms with Gasteiger partial charge in [-0.05, 0) is 20.8 Å². The van der Waals surface area contributed by atoms with Gasteiger partial charge in [0.05, 0.1) is 6.61 Å². The highest BCUT2D eigenvalue weighted by atomic mass is 16.6. The molecule has 0 radical (unpaired) electrons. The Balaban J connectivity index is 4.01. The molecule has 0 saturated carbocycles. The van der Waals surface area contributed by atoms with Crippen LogP contribution in [0.5, 0.6) is 0 Å². The van der Waals surface area contributed by atoms with Crippen LogP contribution >= 0.6 is 0 Å². The number of carbonyl (C=O) groups is 2. The summed E-state index contributed by atoms with van der Waals surface area (Å²) in [5.74, 6) is -0.581. The highest BCUT2D eigenvalue weighted by molar-refractivity contribution is 5.77. The Labute approximate surface area is 95.1 Å². The van der Waals surface area contributed by atoms with Gasteiger partial charge in [0.25, 0.3) is 0 Å². The van der Waals surface area contributed by atoms with Crippen molar-refractivity contribution >= 4 is 12.1 Å². The lowest BCUT2D eigenvalue weighted by Crippen LogP contribution is -2.37. The van der Waals surface area contributed by atoms with Gasteiger partial charge in [-0.15, -0.1) is 0 Å². The Kier molecular flexibility index (Phi) is 5.81. The van der Waals surface area contributed by atoms with Gasteiger partial charge in [0.2, 0.25) is 0 Å². The predicted molar refractivity (Wildman–Crippen MR) is 56.9 cm³/mol. The predicted octanol–water partition coefficient (Wildman–Crippen LogP) is 0.389. The number of aliphatic hydroxyl groups is 1. The van der Waals surface area contributed by atoms with Gasteiger partial charge in [-0.1, -0.05) is 0 Å². The molecule has 0 atom stereocenters. The van der Waals surface area contributed by atoms with Gasteiger partial charge in [-0.25, -0.2) is 4.79 Å². The van der Waals surface area contributed by atoms with Gasteiger partial charge in [0.15, 0.2) is 0 Å². The number of hydrogen-bond donors (Lipinski definition) is 1. The molecule has 94 valence electrons. The zero-order chi connectivity index (χ0) is 12.8. The zero-order valence-corrected chi connectivity index (χ0v) is 10.1. The number of aliphatic hydroxyl groups excluding tert-OH is 1. The van der Waals surface area contributed by atoms with Gasteiger partial charge in [0.1, 0.15) is 18.8 Å². The van der Waals surface area contributed by atoms with Crippen LogP contribution in [0.3, 0.4) is 0 Å². The SMILES string of the molecule is CN(CC(=O)OCCO)C(=O)OC(C)(C)C. The fourth-order valence-electron chi connectivity index (χ4n) is 0.803. The molecule has 0 aliphatic rings. The molecule has 0 fully saturated rings. The maximum atomic E-state index is 11.4. The van der Waals surface area contributed by atoms with E-state index in [9.17, 15) is 9.59 Å². The summed E-state index contributed by atoms with van der Waals surface area (Å²) in [6.07, 6.45) is -0.589. The molecule has 1 amide bonds. The number of hydrogen-bond acceptors (Lipinski definition) is 5. The van der Waals surface area contributed by atoms with Gasteiger partial charge in [-0.3, -0.25) is 4.79 Å². The Bertz CT molecular complexity index is 246. The Hall–Kier alpha value is -1.30. The molecule has 0 aromatic rings. The van der Waals surface area contributed by atoms with E-state index in [0.717, 1.165) is 4.90 Å². The molecule has 0 unspecified atom stereocenters. The quantitative estimate of drug-likeness (QED) is 0.711. The molecule has 0 saturated heterocycles. The Morgan fingerprint density at radius 1 is 1.31 bits per heavy atom. The molecule has 0 aromatic heterocycles. The van der Waals surface area contributed by atoms with Crippen LogP contribution in [0.25, 0.3) is 0 Å². The van der Waals surface area contributed by atoms with Crippen molar-refractivity contribution in [3.8, 4) is 0 Å². The number of likely N-dealkylation sites (N-methyl/N-ethyl adjacent to an activating group) is 1. The summed E-state index contributed by atoms with van der Waals surface area (Å²) >= 11 is 0. The topological polar surface area (TPSA) is 76.1 Å². The molecule has 6 nitrogen and oxygen atoms in total. The second-order valence-corrected chi connectivity index (χ2v) is 4.28. The number of nitrogens with zero attached hydrogens (tertiary/aromatic N) is 1. The average Bonchev–Trinajstić information content (AvgIpc) is 2.11. The normalized spacial score (nSPS) is 10.8. The van der Waals surface area contributed by atoms with Gasteiger partial charge in [-0.2, -0.15) is 0 Å². The summed E-state index contributed by atoms with van der Waals surface area (Å²) in [5.41, 5.74) is -0.597. The third-order valence-electron chi connectivity index (χ3n) is 1.43. The standard InChI is InChI=1S/C10H19NO5/c1-10(2,3)16-9(14)11(4)7-8(13)15-6-5-12/h12H,5-7H2,1-4H3. The minimum atomic E-state index is -0.597. The van der Waals surface area contributed by atoms with Crippen molar-refractivity contribution in [2.75, 3.05) is 26.8 Å². The van der Waals surface area contributed by atoms with E-state index in [0.29, 0.717) is 0 Å². The first-order valence-corrected chi connectivity index (χ1v) is 4.97. The number of esters is 1. The summed E-state index contributed by atoms with van der Waals surface area (Å²) in [6, 6.07) is 0. The lowest BCUT2D eigenvalue weighted by Gasteiger charge is -2.24. The van der Waals surface area contributed by atoms with Crippen LogP contribution in [-0.4, -0.2) is 54.5 Å². The molecule has 0 rings (SSSR count). The van der Waals surface area contributed by atoms with Crippen molar-refractivity contribution in [3.63, 3.8) is 0 Å². The molecular formula is C10H19NO5. The van der Waals surface area contributed by atoms with E-state index in [-0.39, 0.29) is 19.8 Å². The van der Waals surface area contributed by atoms with Crippen LogP contribution in [0.15, 0.2) is 0 Å². The van der Waals surface area contributed by atoms with Crippen molar-refractivity contribution in [2.45, 2.75) is 26.4 Å². The summed E-state index contributed by atoms with van der Waals surface area (Å²) in [4.78, 5) is 23.6. The Morgan fingerprint density at radius 3 is 2.31 bits per heavy atom. The number of rotatable bonds is 4. The monoisotopic (exact) mass is 233 g/mol. The van der Waals surface area contributed by atoms with E-state index < -0.39 is 17.7 Å². The summed E-state index contributed by atoms with van der Waals surface area (Å²) in [5, 5.41) is 8.43. The van der Waals surface area contributed by atoms with E-state index in [1.54, 1.807) is 20.8 Å². The molecule has 0 heterocycles. The maximum Gasteiger partial charge on any atom is 0.410 e. The lowest BCUT2D eigenvalue weighted by molar-refractivity contribution is -0.145. The fourth-order valence-corrected chi connectivity index (χ4v) is 0.803. The van der Waals surface area contributed by atoms with Crippen molar-refractivity contribution in [1.82, 2.24) is 4.90 Å². The Morgan fingerprint density at radius 2 is 1.88 bits per heavy atom. The van der Waals surface area contributed by atoms with E-state index >= 15 is 0 Å². The fraction of sp³-hybridized carbons (Fsp3) is 0.800. The number of carbonyl (C=O) groups excluding carboxylic acids is 2. The largest absolute Gasteiger partial charge is 0.462 e.